The molecule has 0 aliphatic carbocycles. The van der Waals surface area contributed by atoms with Crippen molar-refractivity contribution < 1.29 is 34.1 Å². The Bertz CT molecular complexity index is 1050. The molecule has 10 nitrogen and oxygen atoms in total. The quantitative estimate of drug-likeness (QED) is 0.397. The molecule has 2 bridgehead atoms. The summed E-state index contributed by atoms with van der Waals surface area (Å²) in [5.41, 5.74) is -0.305. The molecule has 10 heteroatoms. The van der Waals surface area contributed by atoms with Gasteiger partial charge in [-0.2, -0.15) is 0 Å². The second-order valence-electron chi connectivity index (χ2n) is 10.7. The predicted molar refractivity (Wildman–Crippen MR) is 137 cm³/mol. The van der Waals surface area contributed by atoms with Crippen molar-refractivity contribution in [1.82, 2.24) is 14.7 Å². The number of amides is 2. The van der Waals surface area contributed by atoms with E-state index in [9.17, 15) is 24.6 Å². The van der Waals surface area contributed by atoms with E-state index in [1.807, 2.05) is 30.3 Å². The number of morpholine rings is 1. The van der Waals surface area contributed by atoms with Crippen LogP contribution in [0.5, 0.6) is 0 Å². The van der Waals surface area contributed by atoms with E-state index in [1.54, 1.807) is 11.0 Å². The number of benzene rings is 1. The number of carbonyl (C=O) groups is 3. The summed E-state index contributed by atoms with van der Waals surface area (Å²) >= 11 is 0. The van der Waals surface area contributed by atoms with E-state index in [1.165, 1.54) is 4.90 Å². The minimum Gasteiger partial charge on any atom is -0.481 e. The Morgan fingerprint density at radius 3 is 2.63 bits per heavy atom. The van der Waals surface area contributed by atoms with Crippen molar-refractivity contribution in [2.24, 2.45) is 11.8 Å². The van der Waals surface area contributed by atoms with Crippen LogP contribution in [-0.2, 0) is 30.3 Å². The summed E-state index contributed by atoms with van der Waals surface area (Å²) in [6.45, 7) is 7.70. The molecule has 4 heterocycles. The Kier molecular flexibility index (Phi) is 7.85. The minimum atomic E-state index is -1.22. The van der Waals surface area contributed by atoms with E-state index >= 15 is 0 Å². The molecule has 0 saturated carbocycles. The standard InChI is InChI=1S/C28H37N3O7/c1-2-10-30(12-11-29-13-15-37-16-14-29)26(34)24-28-9-8-21(38-28)22(27(35)36)23(28)25(33)31(24)20(18-32)17-19-6-4-3-5-7-19/h2-7,20-24,32H,1,8-18H2,(H,35,36)/t20-,21+,22-,23-,24+,28-/m1/s1. The number of aliphatic hydroxyl groups is 1. The van der Waals surface area contributed by atoms with Gasteiger partial charge in [0.15, 0.2) is 0 Å². The van der Waals surface area contributed by atoms with Gasteiger partial charge in [0.2, 0.25) is 11.8 Å². The second-order valence-corrected chi connectivity index (χ2v) is 10.7. The van der Waals surface area contributed by atoms with Crippen LogP contribution in [0, 0.1) is 11.8 Å². The van der Waals surface area contributed by atoms with Gasteiger partial charge in [0, 0.05) is 32.7 Å². The summed E-state index contributed by atoms with van der Waals surface area (Å²) in [6, 6.07) is 7.77. The minimum absolute atomic E-state index is 0.285. The van der Waals surface area contributed by atoms with E-state index in [4.69, 9.17) is 9.47 Å². The first-order valence-electron chi connectivity index (χ1n) is 13.5. The highest BCUT2D eigenvalue weighted by Crippen LogP contribution is 2.59. The summed E-state index contributed by atoms with van der Waals surface area (Å²) in [5, 5.41) is 20.5. The van der Waals surface area contributed by atoms with Gasteiger partial charge in [-0.3, -0.25) is 19.3 Å². The zero-order chi connectivity index (χ0) is 26.9. The first-order chi connectivity index (χ1) is 18.4. The molecule has 0 aromatic heterocycles. The maximum atomic E-state index is 14.4. The number of carbonyl (C=O) groups excluding carboxylic acids is 2. The molecule has 2 N–H and O–H groups in total. The molecule has 1 spiro atoms. The van der Waals surface area contributed by atoms with Crippen molar-refractivity contribution in [1.29, 1.82) is 0 Å². The number of ether oxygens (including phenoxy) is 2. The Balaban J connectivity index is 1.48. The zero-order valence-electron chi connectivity index (χ0n) is 21.6. The maximum Gasteiger partial charge on any atom is 0.310 e. The molecular weight excluding hydrogens is 490 g/mol. The van der Waals surface area contributed by atoms with Crippen LogP contribution >= 0.6 is 0 Å². The lowest BCUT2D eigenvalue weighted by molar-refractivity contribution is -0.153. The molecule has 4 aliphatic heterocycles. The van der Waals surface area contributed by atoms with Crippen LogP contribution in [0.15, 0.2) is 43.0 Å². The first kappa shape index (κ1) is 26.8. The Labute approximate surface area is 222 Å². The van der Waals surface area contributed by atoms with Gasteiger partial charge in [0.25, 0.3) is 0 Å². The van der Waals surface area contributed by atoms with Crippen LogP contribution in [0.2, 0.25) is 0 Å². The van der Waals surface area contributed by atoms with Crippen molar-refractivity contribution in [3.05, 3.63) is 48.6 Å². The molecule has 0 unspecified atom stereocenters. The van der Waals surface area contributed by atoms with Crippen molar-refractivity contribution in [2.45, 2.75) is 43.1 Å². The number of carboxylic acids is 1. The fraction of sp³-hybridized carbons (Fsp3) is 0.607. The number of aliphatic carboxylic acids is 1. The topological polar surface area (TPSA) is 120 Å². The van der Waals surface area contributed by atoms with E-state index in [-0.39, 0.29) is 19.1 Å². The molecule has 5 rings (SSSR count). The molecule has 206 valence electrons. The number of hydrogen-bond donors (Lipinski definition) is 2. The van der Waals surface area contributed by atoms with E-state index in [2.05, 4.69) is 11.5 Å². The van der Waals surface area contributed by atoms with Crippen LogP contribution in [0.3, 0.4) is 0 Å². The van der Waals surface area contributed by atoms with Crippen molar-refractivity contribution in [2.75, 3.05) is 52.5 Å². The number of likely N-dealkylation sites (tertiary alicyclic amines) is 1. The van der Waals surface area contributed by atoms with Gasteiger partial charge < -0.3 is 29.5 Å². The summed E-state index contributed by atoms with van der Waals surface area (Å²) in [5.74, 6) is -3.75. The van der Waals surface area contributed by atoms with E-state index < -0.39 is 47.5 Å². The van der Waals surface area contributed by atoms with Crippen LogP contribution in [0.4, 0.5) is 0 Å². The normalized spacial score (nSPS) is 31.3. The summed E-state index contributed by atoms with van der Waals surface area (Å²) in [4.78, 5) is 46.1. The number of hydrogen-bond acceptors (Lipinski definition) is 7. The van der Waals surface area contributed by atoms with Crippen LogP contribution < -0.4 is 0 Å². The predicted octanol–water partition coefficient (Wildman–Crippen LogP) is 0.396. The lowest BCUT2D eigenvalue weighted by atomic mass is 9.70. The van der Waals surface area contributed by atoms with Crippen LogP contribution in [-0.4, -0.2) is 119 Å². The summed E-state index contributed by atoms with van der Waals surface area (Å²) < 4.78 is 11.8. The molecule has 4 fully saturated rings. The fourth-order valence-corrected chi connectivity index (χ4v) is 6.89. The molecule has 0 radical (unpaired) electrons. The van der Waals surface area contributed by atoms with E-state index in [0.29, 0.717) is 45.6 Å². The second kappa shape index (κ2) is 11.1. The zero-order valence-corrected chi connectivity index (χ0v) is 21.6. The average Bonchev–Trinajstić information content (AvgIpc) is 3.58. The molecule has 1 aromatic rings. The van der Waals surface area contributed by atoms with Gasteiger partial charge in [-0.1, -0.05) is 36.4 Å². The van der Waals surface area contributed by atoms with Crippen molar-refractivity contribution >= 4 is 17.8 Å². The number of aliphatic hydroxyl groups excluding tert-OH is 1. The monoisotopic (exact) mass is 527 g/mol. The molecule has 2 amide bonds. The van der Waals surface area contributed by atoms with Crippen molar-refractivity contribution in [3.63, 3.8) is 0 Å². The van der Waals surface area contributed by atoms with Gasteiger partial charge in [0.05, 0.1) is 43.8 Å². The Morgan fingerprint density at radius 2 is 1.97 bits per heavy atom. The third-order valence-electron chi connectivity index (χ3n) is 8.63. The molecular formula is C28H37N3O7. The van der Waals surface area contributed by atoms with Crippen LogP contribution in [0.25, 0.3) is 0 Å². The van der Waals surface area contributed by atoms with Gasteiger partial charge >= 0.3 is 5.97 Å². The fourth-order valence-electron chi connectivity index (χ4n) is 6.89. The first-order valence-corrected chi connectivity index (χ1v) is 13.5. The molecule has 4 aliphatic rings. The average molecular weight is 528 g/mol. The third-order valence-corrected chi connectivity index (χ3v) is 8.63. The maximum absolute atomic E-state index is 14.4. The Hall–Kier alpha value is -2.79. The van der Waals surface area contributed by atoms with Gasteiger partial charge in [-0.15, -0.1) is 6.58 Å². The number of fused-ring (bicyclic) bond motifs is 1. The number of carboxylic acid groups (broad SMARTS) is 1. The smallest absolute Gasteiger partial charge is 0.310 e. The lowest BCUT2D eigenvalue weighted by Crippen LogP contribution is -2.59. The molecule has 38 heavy (non-hydrogen) atoms. The molecule has 4 saturated heterocycles. The number of nitrogens with zero attached hydrogens (tertiary/aromatic N) is 3. The van der Waals surface area contributed by atoms with Crippen LogP contribution in [0.1, 0.15) is 18.4 Å². The van der Waals surface area contributed by atoms with Gasteiger partial charge in [-0.25, -0.2) is 0 Å². The highest BCUT2D eigenvalue weighted by molar-refractivity contribution is 5.98. The summed E-state index contributed by atoms with van der Waals surface area (Å²) in [7, 11) is 0. The molecule has 1 aromatic carbocycles. The highest BCUT2D eigenvalue weighted by atomic mass is 16.5. The highest BCUT2D eigenvalue weighted by Gasteiger charge is 2.75. The Morgan fingerprint density at radius 1 is 1.24 bits per heavy atom. The van der Waals surface area contributed by atoms with Gasteiger partial charge in [0.1, 0.15) is 11.6 Å². The number of rotatable bonds is 11. The van der Waals surface area contributed by atoms with Gasteiger partial charge in [-0.05, 0) is 24.8 Å². The van der Waals surface area contributed by atoms with E-state index in [0.717, 1.165) is 18.7 Å². The lowest BCUT2D eigenvalue weighted by Gasteiger charge is -2.40. The third kappa shape index (κ3) is 4.64. The molecule has 6 atom stereocenters. The largest absolute Gasteiger partial charge is 0.481 e. The SMILES string of the molecule is C=CCN(CCN1CCOCC1)C(=O)[C@@H]1N([C@@H](CO)Cc2ccccc2)C(=O)[C@H]2[C@H](C(=O)O)[C@@H]3CC[C@]12O3. The summed E-state index contributed by atoms with van der Waals surface area (Å²) in [6.07, 6.45) is 2.32. The van der Waals surface area contributed by atoms with Crippen molar-refractivity contribution in [3.8, 4) is 0 Å².